The van der Waals surface area contributed by atoms with E-state index in [4.69, 9.17) is 5.73 Å². The number of aromatic nitrogens is 3. The summed E-state index contributed by atoms with van der Waals surface area (Å²) >= 11 is 1.59. The molecule has 0 aliphatic rings. The lowest BCUT2D eigenvalue weighted by atomic mass is 10.1. The first-order chi connectivity index (χ1) is 10.0. The van der Waals surface area contributed by atoms with E-state index < -0.39 is 6.04 Å². The predicted octanol–water partition coefficient (Wildman–Crippen LogP) is 1.98. The highest BCUT2D eigenvalue weighted by molar-refractivity contribution is 7.18. The van der Waals surface area contributed by atoms with Crippen LogP contribution in [0.5, 0.6) is 0 Å². The van der Waals surface area contributed by atoms with Crippen LogP contribution in [0.15, 0.2) is 30.6 Å². The van der Waals surface area contributed by atoms with Crippen molar-refractivity contribution in [3.8, 4) is 0 Å². The Balaban J connectivity index is 1.79. The van der Waals surface area contributed by atoms with Gasteiger partial charge in [0.15, 0.2) is 0 Å². The Morgan fingerprint density at radius 3 is 3.00 bits per heavy atom. The lowest BCUT2D eigenvalue weighted by Gasteiger charge is -2.10. The lowest BCUT2D eigenvalue weighted by Crippen LogP contribution is -2.27. The predicted molar refractivity (Wildman–Crippen MR) is 83.1 cm³/mol. The highest BCUT2D eigenvalue weighted by atomic mass is 32.1. The van der Waals surface area contributed by atoms with Gasteiger partial charge in [0.05, 0.1) is 21.4 Å². The third-order valence-electron chi connectivity index (χ3n) is 3.13. The van der Waals surface area contributed by atoms with Gasteiger partial charge in [-0.3, -0.25) is 9.48 Å². The van der Waals surface area contributed by atoms with Gasteiger partial charge in [0.25, 0.3) is 0 Å². The van der Waals surface area contributed by atoms with Crippen LogP contribution in [-0.2, 0) is 11.8 Å². The van der Waals surface area contributed by atoms with Crippen molar-refractivity contribution in [1.29, 1.82) is 0 Å². The quantitative estimate of drug-likeness (QED) is 0.774. The Labute approximate surface area is 125 Å². The molecule has 1 aromatic carbocycles. The summed E-state index contributed by atoms with van der Waals surface area (Å²) in [7, 11) is 1.79. The molecule has 3 aromatic rings. The average molecular weight is 301 g/mol. The minimum atomic E-state index is -0.738. The molecule has 0 bridgehead atoms. The second kappa shape index (κ2) is 5.27. The van der Waals surface area contributed by atoms with Crippen molar-refractivity contribution in [2.75, 3.05) is 5.32 Å². The van der Waals surface area contributed by atoms with E-state index in [-0.39, 0.29) is 5.91 Å². The Hall–Kier alpha value is -2.25. The number of carbonyl (C=O) groups excluding carboxylic acids is 1. The lowest BCUT2D eigenvalue weighted by molar-refractivity contribution is -0.117. The molecule has 0 spiro atoms. The summed E-state index contributed by atoms with van der Waals surface area (Å²) < 4.78 is 2.66. The fraction of sp³-hybridized carbons (Fsp3) is 0.214. The summed E-state index contributed by atoms with van der Waals surface area (Å²) in [6, 6.07) is 4.89. The van der Waals surface area contributed by atoms with Crippen LogP contribution in [0.2, 0.25) is 0 Å². The minimum absolute atomic E-state index is 0.261. The summed E-state index contributed by atoms with van der Waals surface area (Å²) in [5.74, 6) is -0.261. The second-order valence-electron chi connectivity index (χ2n) is 4.83. The molecule has 21 heavy (non-hydrogen) atoms. The minimum Gasteiger partial charge on any atom is -0.324 e. The largest absolute Gasteiger partial charge is 0.324 e. The van der Waals surface area contributed by atoms with Crippen LogP contribution in [0, 0.1) is 6.92 Å². The van der Waals surface area contributed by atoms with Crippen molar-refractivity contribution < 1.29 is 4.79 Å². The van der Waals surface area contributed by atoms with Gasteiger partial charge in [-0.2, -0.15) is 5.10 Å². The van der Waals surface area contributed by atoms with Crippen LogP contribution in [0.4, 0.5) is 5.69 Å². The topological polar surface area (TPSA) is 85.8 Å². The molecule has 2 aromatic heterocycles. The van der Waals surface area contributed by atoms with E-state index in [0.29, 0.717) is 5.56 Å². The number of benzene rings is 1. The number of thiazole rings is 1. The van der Waals surface area contributed by atoms with Gasteiger partial charge in [-0.1, -0.05) is 0 Å². The first-order valence-electron chi connectivity index (χ1n) is 6.45. The zero-order chi connectivity index (χ0) is 15.0. The highest BCUT2D eigenvalue weighted by Gasteiger charge is 2.17. The van der Waals surface area contributed by atoms with Crippen LogP contribution in [-0.4, -0.2) is 20.7 Å². The Bertz CT molecular complexity index is 807. The number of nitrogens with zero attached hydrogens (tertiary/aromatic N) is 3. The Kier molecular flexibility index (Phi) is 3.44. The molecule has 0 saturated carbocycles. The zero-order valence-corrected chi connectivity index (χ0v) is 12.5. The number of carbonyl (C=O) groups is 1. The molecule has 1 unspecified atom stereocenters. The van der Waals surface area contributed by atoms with Gasteiger partial charge in [0, 0.05) is 24.5 Å². The van der Waals surface area contributed by atoms with Crippen LogP contribution in [0.25, 0.3) is 10.2 Å². The smallest absolute Gasteiger partial charge is 0.246 e. The molecule has 1 atom stereocenters. The average Bonchev–Trinajstić information content (AvgIpc) is 3.02. The fourth-order valence-electron chi connectivity index (χ4n) is 2.09. The molecule has 3 N–H and O–H groups in total. The number of nitrogens with two attached hydrogens (primary N) is 1. The van der Waals surface area contributed by atoms with Crippen LogP contribution in [0.3, 0.4) is 0 Å². The molecule has 0 radical (unpaired) electrons. The summed E-state index contributed by atoms with van der Waals surface area (Å²) in [5, 5.41) is 7.85. The molecular formula is C14H15N5OS. The van der Waals surface area contributed by atoms with Crippen molar-refractivity contribution in [3.63, 3.8) is 0 Å². The summed E-state index contributed by atoms with van der Waals surface area (Å²) in [4.78, 5) is 16.6. The van der Waals surface area contributed by atoms with E-state index in [9.17, 15) is 4.79 Å². The van der Waals surface area contributed by atoms with E-state index in [2.05, 4.69) is 15.4 Å². The third kappa shape index (κ3) is 2.79. The van der Waals surface area contributed by atoms with Crippen molar-refractivity contribution in [2.45, 2.75) is 13.0 Å². The standard InChI is InChI=1S/C14H15N5OS/c1-8-17-11-4-3-10(5-12(11)21-8)18-14(20)13(15)9-6-16-19(2)7-9/h3-7,13H,15H2,1-2H3,(H,18,20). The molecule has 108 valence electrons. The number of hydrogen-bond donors (Lipinski definition) is 2. The maximum absolute atomic E-state index is 12.2. The molecule has 0 fully saturated rings. The first-order valence-corrected chi connectivity index (χ1v) is 7.27. The van der Waals surface area contributed by atoms with Crippen molar-refractivity contribution in [1.82, 2.24) is 14.8 Å². The number of rotatable bonds is 3. The number of amides is 1. The molecule has 1 amide bonds. The summed E-state index contributed by atoms with van der Waals surface area (Å²) in [5.41, 5.74) is 8.28. The van der Waals surface area contributed by atoms with Crippen LogP contribution < -0.4 is 11.1 Å². The van der Waals surface area contributed by atoms with Crippen molar-refractivity contribution in [3.05, 3.63) is 41.2 Å². The molecule has 7 heteroatoms. The van der Waals surface area contributed by atoms with Gasteiger partial charge >= 0.3 is 0 Å². The second-order valence-corrected chi connectivity index (χ2v) is 6.06. The maximum Gasteiger partial charge on any atom is 0.246 e. The summed E-state index contributed by atoms with van der Waals surface area (Å²) in [6.07, 6.45) is 3.33. The Morgan fingerprint density at radius 2 is 2.29 bits per heavy atom. The normalized spacial score (nSPS) is 12.5. The van der Waals surface area contributed by atoms with Gasteiger partial charge in [0.1, 0.15) is 6.04 Å². The molecule has 3 rings (SSSR count). The SMILES string of the molecule is Cc1nc2ccc(NC(=O)C(N)c3cnn(C)c3)cc2s1. The fourth-order valence-corrected chi connectivity index (χ4v) is 2.96. The molecule has 0 aliphatic carbocycles. The van der Waals surface area contributed by atoms with Crippen LogP contribution >= 0.6 is 11.3 Å². The maximum atomic E-state index is 12.2. The summed E-state index contributed by atoms with van der Waals surface area (Å²) in [6.45, 7) is 1.96. The van der Waals surface area contributed by atoms with E-state index in [1.54, 1.807) is 35.5 Å². The van der Waals surface area contributed by atoms with E-state index in [1.165, 1.54) is 0 Å². The third-order valence-corrected chi connectivity index (χ3v) is 4.06. The zero-order valence-electron chi connectivity index (χ0n) is 11.7. The number of nitrogens with one attached hydrogen (secondary N) is 1. The van der Waals surface area contributed by atoms with Crippen molar-refractivity contribution in [2.24, 2.45) is 12.8 Å². The van der Waals surface area contributed by atoms with E-state index in [1.807, 2.05) is 25.1 Å². The Morgan fingerprint density at radius 1 is 1.48 bits per heavy atom. The molecule has 6 nitrogen and oxygen atoms in total. The van der Waals surface area contributed by atoms with Gasteiger partial charge in [-0.25, -0.2) is 4.98 Å². The first kappa shape index (κ1) is 13.7. The van der Waals surface area contributed by atoms with Gasteiger partial charge in [-0.15, -0.1) is 11.3 Å². The van der Waals surface area contributed by atoms with Gasteiger partial charge in [-0.05, 0) is 25.1 Å². The van der Waals surface area contributed by atoms with E-state index >= 15 is 0 Å². The van der Waals surface area contributed by atoms with Crippen LogP contribution in [0.1, 0.15) is 16.6 Å². The molecule has 0 saturated heterocycles. The highest BCUT2D eigenvalue weighted by Crippen LogP contribution is 2.25. The van der Waals surface area contributed by atoms with Gasteiger partial charge < -0.3 is 11.1 Å². The van der Waals surface area contributed by atoms with Gasteiger partial charge in [0.2, 0.25) is 5.91 Å². The molecule has 2 heterocycles. The number of hydrogen-bond acceptors (Lipinski definition) is 5. The number of aryl methyl sites for hydroxylation is 2. The van der Waals surface area contributed by atoms with E-state index in [0.717, 1.165) is 20.9 Å². The number of anilines is 1. The molecule has 0 aliphatic heterocycles. The van der Waals surface area contributed by atoms with Crippen molar-refractivity contribution >= 4 is 33.1 Å². The molecular weight excluding hydrogens is 286 g/mol. The number of fused-ring (bicyclic) bond motifs is 1. The monoisotopic (exact) mass is 301 g/mol.